The van der Waals surface area contributed by atoms with Crippen molar-refractivity contribution in [3.05, 3.63) is 5.01 Å². The average Bonchev–Trinajstić information content (AvgIpc) is 3.06. The number of hydrogen-bond acceptors (Lipinski definition) is 5. The SMILES string of the molecule is CCc1nnc(NC(=O)N(CC(=O)O)C2CCCC2)s1. The average molecular weight is 298 g/mol. The quantitative estimate of drug-likeness (QED) is 0.866. The van der Waals surface area contributed by atoms with E-state index in [4.69, 9.17) is 5.11 Å². The lowest BCUT2D eigenvalue weighted by molar-refractivity contribution is -0.138. The van der Waals surface area contributed by atoms with E-state index in [2.05, 4.69) is 15.5 Å². The van der Waals surface area contributed by atoms with Crippen LogP contribution in [0.25, 0.3) is 0 Å². The summed E-state index contributed by atoms with van der Waals surface area (Å²) >= 11 is 1.31. The monoisotopic (exact) mass is 298 g/mol. The van der Waals surface area contributed by atoms with Crippen LogP contribution in [0.4, 0.5) is 9.93 Å². The molecule has 0 radical (unpaired) electrons. The zero-order chi connectivity index (χ0) is 14.5. The van der Waals surface area contributed by atoms with Crippen LogP contribution in [0.3, 0.4) is 0 Å². The van der Waals surface area contributed by atoms with Crippen LogP contribution in [-0.4, -0.2) is 44.8 Å². The van der Waals surface area contributed by atoms with Crippen molar-refractivity contribution in [2.24, 2.45) is 0 Å². The second kappa shape index (κ2) is 6.65. The van der Waals surface area contributed by atoms with Crippen molar-refractivity contribution < 1.29 is 14.7 Å². The Labute approximate surface area is 121 Å². The van der Waals surface area contributed by atoms with Gasteiger partial charge in [0, 0.05) is 6.04 Å². The van der Waals surface area contributed by atoms with E-state index in [0.717, 1.165) is 37.1 Å². The van der Waals surface area contributed by atoms with Gasteiger partial charge in [-0.3, -0.25) is 10.1 Å². The molecule has 110 valence electrons. The Morgan fingerprint density at radius 1 is 1.40 bits per heavy atom. The van der Waals surface area contributed by atoms with E-state index >= 15 is 0 Å². The first kappa shape index (κ1) is 14.7. The first-order valence-electron chi connectivity index (χ1n) is 6.72. The number of rotatable bonds is 5. The maximum Gasteiger partial charge on any atom is 0.324 e. The summed E-state index contributed by atoms with van der Waals surface area (Å²) in [4.78, 5) is 24.5. The van der Waals surface area contributed by atoms with E-state index < -0.39 is 12.0 Å². The molecule has 8 heteroatoms. The molecule has 0 spiro atoms. The van der Waals surface area contributed by atoms with Crippen LogP contribution in [0, 0.1) is 0 Å². The van der Waals surface area contributed by atoms with Crippen molar-refractivity contribution in [1.82, 2.24) is 15.1 Å². The van der Waals surface area contributed by atoms with Crippen molar-refractivity contribution in [3.8, 4) is 0 Å². The second-order valence-corrected chi connectivity index (χ2v) is 5.81. The van der Waals surface area contributed by atoms with E-state index in [9.17, 15) is 9.59 Å². The molecule has 2 N–H and O–H groups in total. The van der Waals surface area contributed by atoms with Gasteiger partial charge in [0.2, 0.25) is 5.13 Å². The standard InChI is InChI=1S/C12H18N4O3S/c1-2-9-14-15-11(20-9)13-12(19)16(7-10(17)18)8-5-3-4-6-8/h8H,2-7H2,1H3,(H,17,18)(H,13,15,19). The van der Waals surface area contributed by atoms with Crippen molar-refractivity contribution >= 4 is 28.5 Å². The van der Waals surface area contributed by atoms with E-state index in [1.807, 2.05) is 6.92 Å². The number of carboxylic acid groups (broad SMARTS) is 1. The zero-order valence-electron chi connectivity index (χ0n) is 11.3. The lowest BCUT2D eigenvalue weighted by atomic mass is 10.2. The zero-order valence-corrected chi connectivity index (χ0v) is 12.2. The predicted molar refractivity (Wildman–Crippen MR) is 74.9 cm³/mol. The minimum atomic E-state index is -1.00. The maximum absolute atomic E-state index is 12.2. The summed E-state index contributed by atoms with van der Waals surface area (Å²) in [7, 11) is 0. The van der Waals surface area contributed by atoms with Crippen LogP contribution < -0.4 is 5.32 Å². The molecular weight excluding hydrogens is 280 g/mol. The minimum Gasteiger partial charge on any atom is -0.480 e. The fraction of sp³-hybridized carbons (Fsp3) is 0.667. The van der Waals surface area contributed by atoms with Gasteiger partial charge in [0.15, 0.2) is 0 Å². The summed E-state index contributed by atoms with van der Waals surface area (Å²) in [6.45, 7) is 1.68. The van der Waals surface area contributed by atoms with E-state index in [1.165, 1.54) is 16.2 Å². The van der Waals surface area contributed by atoms with Crippen LogP contribution in [0.1, 0.15) is 37.6 Å². The van der Waals surface area contributed by atoms with Gasteiger partial charge < -0.3 is 10.0 Å². The van der Waals surface area contributed by atoms with Gasteiger partial charge in [0.05, 0.1) is 0 Å². The highest BCUT2D eigenvalue weighted by Crippen LogP contribution is 2.24. The number of aromatic nitrogens is 2. The number of hydrogen-bond donors (Lipinski definition) is 2. The number of nitrogens with one attached hydrogen (secondary N) is 1. The summed E-state index contributed by atoms with van der Waals surface area (Å²) < 4.78 is 0. The number of anilines is 1. The molecule has 1 aliphatic rings. The third kappa shape index (κ3) is 3.66. The molecule has 0 aromatic carbocycles. The van der Waals surface area contributed by atoms with Crippen molar-refractivity contribution in [3.63, 3.8) is 0 Å². The Hall–Kier alpha value is -1.70. The molecule has 1 aromatic heterocycles. The van der Waals surface area contributed by atoms with Crippen LogP contribution in [0.2, 0.25) is 0 Å². The number of urea groups is 1. The van der Waals surface area contributed by atoms with Gasteiger partial charge in [0.1, 0.15) is 11.6 Å². The summed E-state index contributed by atoms with van der Waals surface area (Å²) in [5.41, 5.74) is 0. The largest absolute Gasteiger partial charge is 0.480 e. The fourth-order valence-corrected chi connectivity index (χ4v) is 3.01. The molecular formula is C12H18N4O3S. The first-order valence-corrected chi connectivity index (χ1v) is 7.53. The Kier molecular flexibility index (Phi) is 4.89. The molecule has 0 bridgehead atoms. The topological polar surface area (TPSA) is 95.4 Å². The predicted octanol–water partition coefficient (Wildman–Crippen LogP) is 1.96. The number of carbonyl (C=O) groups is 2. The van der Waals surface area contributed by atoms with Crippen molar-refractivity contribution in [2.75, 3.05) is 11.9 Å². The number of nitrogens with zero attached hydrogens (tertiary/aromatic N) is 3. The molecule has 1 fully saturated rings. The van der Waals surface area contributed by atoms with Gasteiger partial charge in [-0.1, -0.05) is 31.1 Å². The molecule has 0 atom stereocenters. The molecule has 0 saturated heterocycles. The summed E-state index contributed by atoms with van der Waals surface area (Å²) in [6.07, 6.45) is 4.54. The highest BCUT2D eigenvalue weighted by molar-refractivity contribution is 7.15. The third-order valence-corrected chi connectivity index (χ3v) is 4.30. The smallest absolute Gasteiger partial charge is 0.324 e. The van der Waals surface area contributed by atoms with Gasteiger partial charge in [-0.2, -0.15) is 0 Å². The normalized spacial score (nSPS) is 15.2. The number of aliphatic carboxylic acids is 1. The lowest BCUT2D eigenvalue weighted by Gasteiger charge is -2.26. The molecule has 1 saturated carbocycles. The molecule has 1 aromatic rings. The molecule has 0 unspecified atom stereocenters. The van der Waals surface area contributed by atoms with Crippen LogP contribution in [-0.2, 0) is 11.2 Å². The Morgan fingerprint density at radius 3 is 2.65 bits per heavy atom. The van der Waals surface area contributed by atoms with Gasteiger partial charge in [-0.25, -0.2) is 4.79 Å². The Balaban J connectivity index is 2.03. The van der Waals surface area contributed by atoms with E-state index in [-0.39, 0.29) is 12.6 Å². The van der Waals surface area contributed by atoms with Gasteiger partial charge in [-0.15, -0.1) is 10.2 Å². The summed E-state index contributed by atoms with van der Waals surface area (Å²) in [5.74, 6) is -1.00. The van der Waals surface area contributed by atoms with Crippen molar-refractivity contribution in [2.45, 2.75) is 45.1 Å². The number of aryl methyl sites for hydroxylation is 1. The summed E-state index contributed by atoms with van der Waals surface area (Å²) in [6, 6.07) is -0.400. The van der Waals surface area contributed by atoms with Gasteiger partial charge in [0.25, 0.3) is 0 Å². The van der Waals surface area contributed by atoms with Crippen molar-refractivity contribution in [1.29, 1.82) is 0 Å². The number of carbonyl (C=O) groups excluding carboxylic acids is 1. The molecule has 2 amide bonds. The molecule has 2 rings (SSSR count). The van der Waals surface area contributed by atoms with Gasteiger partial charge >= 0.3 is 12.0 Å². The van der Waals surface area contributed by atoms with E-state index in [0.29, 0.717) is 5.13 Å². The highest BCUT2D eigenvalue weighted by Gasteiger charge is 2.28. The van der Waals surface area contributed by atoms with Crippen LogP contribution in [0.15, 0.2) is 0 Å². The molecule has 20 heavy (non-hydrogen) atoms. The molecule has 0 aliphatic heterocycles. The third-order valence-electron chi connectivity index (χ3n) is 3.32. The fourth-order valence-electron chi connectivity index (χ4n) is 2.34. The first-order chi connectivity index (χ1) is 9.60. The van der Waals surface area contributed by atoms with E-state index in [1.54, 1.807) is 0 Å². The Bertz CT molecular complexity index is 485. The maximum atomic E-state index is 12.2. The van der Waals surface area contributed by atoms with Crippen LogP contribution in [0.5, 0.6) is 0 Å². The summed E-state index contributed by atoms with van der Waals surface area (Å²) in [5, 5.41) is 20.7. The van der Waals surface area contributed by atoms with Crippen LogP contribution >= 0.6 is 11.3 Å². The molecule has 7 nitrogen and oxygen atoms in total. The Morgan fingerprint density at radius 2 is 2.10 bits per heavy atom. The second-order valence-electron chi connectivity index (χ2n) is 4.74. The van der Waals surface area contributed by atoms with Gasteiger partial charge in [-0.05, 0) is 19.3 Å². The lowest BCUT2D eigenvalue weighted by Crippen LogP contribution is -2.44. The highest BCUT2D eigenvalue weighted by atomic mass is 32.1. The molecule has 1 heterocycles. The molecule has 1 aliphatic carbocycles. The minimum absolute atomic E-state index is 0.00432. The number of amides is 2. The number of carboxylic acids is 1.